The summed E-state index contributed by atoms with van der Waals surface area (Å²) in [5, 5.41) is 3.24. The predicted octanol–water partition coefficient (Wildman–Crippen LogP) is 3.21. The van der Waals surface area contributed by atoms with Crippen LogP contribution in [0.25, 0.3) is 0 Å². The lowest BCUT2D eigenvalue weighted by molar-refractivity contribution is -0.123. The predicted molar refractivity (Wildman–Crippen MR) is 129 cm³/mol. The van der Waals surface area contributed by atoms with Gasteiger partial charge in [-0.05, 0) is 48.0 Å². The van der Waals surface area contributed by atoms with Crippen LogP contribution >= 0.6 is 11.6 Å². The molecule has 3 aromatic rings. The molecule has 0 radical (unpaired) electrons. The molecule has 3 amide bonds. The fraction of sp³-hybridized carbons (Fsp3) is 0.160. The molecule has 0 bridgehead atoms. The zero-order valence-electron chi connectivity index (χ0n) is 18.3. The Labute approximate surface area is 197 Å². The molecule has 3 N–H and O–H groups in total. The number of rotatable bonds is 7. The van der Waals surface area contributed by atoms with Gasteiger partial charge in [-0.1, -0.05) is 48.0 Å². The first kappa shape index (κ1) is 23.8. The van der Waals surface area contributed by atoms with Crippen LogP contribution in [0.5, 0.6) is 0 Å². The minimum Gasteiger partial charge on any atom is -0.378 e. The highest BCUT2D eigenvalue weighted by Crippen LogP contribution is 2.13. The van der Waals surface area contributed by atoms with Crippen molar-refractivity contribution in [2.24, 2.45) is 0 Å². The van der Waals surface area contributed by atoms with Gasteiger partial charge in [-0.25, -0.2) is 0 Å². The Hall–Kier alpha value is -3.84. The molecule has 1 atom stereocenters. The lowest BCUT2D eigenvalue weighted by atomic mass is 10.0. The van der Waals surface area contributed by atoms with Crippen molar-refractivity contribution in [3.8, 4) is 0 Å². The molecule has 0 aliphatic heterocycles. The lowest BCUT2D eigenvalue weighted by Gasteiger charge is -2.19. The largest absolute Gasteiger partial charge is 0.378 e. The fourth-order valence-corrected chi connectivity index (χ4v) is 3.23. The maximum absolute atomic E-state index is 12.9. The van der Waals surface area contributed by atoms with Crippen molar-refractivity contribution in [1.29, 1.82) is 0 Å². The highest BCUT2D eigenvalue weighted by molar-refractivity contribution is 6.30. The Morgan fingerprint density at radius 2 is 1.52 bits per heavy atom. The monoisotopic (exact) mass is 464 g/mol. The molecule has 170 valence electrons. The summed E-state index contributed by atoms with van der Waals surface area (Å²) in [5.74, 6) is -1.43. The van der Waals surface area contributed by atoms with Crippen molar-refractivity contribution < 1.29 is 14.4 Å². The van der Waals surface area contributed by atoms with E-state index >= 15 is 0 Å². The van der Waals surface area contributed by atoms with Gasteiger partial charge in [0.15, 0.2) is 0 Å². The SMILES string of the molecule is CN(C)c1cccc(C(=O)NNC(=O)[C@H](Cc2ccccc2)NC(=O)c2ccc(Cl)cc2)c1. The smallest absolute Gasteiger partial charge is 0.269 e. The van der Waals surface area contributed by atoms with Crippen LogP contribution in [0.15, 0.2) is 78.9 Å². The molecule has 8 heteroatoms. The van der Waals surface area contributed by atoms with E-state index in [-0.39, 0.29) is 6.42 Å². The Morgan fingerprint density at radius 3 is 2.18 bits per heavy atom. The topological polar surface area (TPSA) is 90.5 Å². The first-order valence-electron chi connectivity index (χ1n) is 10.3. The number of nitrogens with zero attached hydrogens (tertiary/aromatic N) is 1. The summed E-state index contributed by atoms with van der Waals surface area (Å²) in [7, 11) is 3.74. The minimum absolute atomic E-state index is 0.248. The van der Waals surface area contributed by atoms with Crippen LogP contribution in [0.2, 0.25) is 5.02 Å². The van der Waals surface area contributed by atoms with Gasteiger partial charge < -0.3 is 10.2 Å². The van der Waals surface area contributed by atoms with E-state index in [2.05, 4.69) is 16.2 Å². The summed E-state index contributed by atoms with van der Waals surface area (Å²) < 4.78 is 0. The van der Waals surface area contributed by atoms with E-state index in [0.717, 1.165) is 11.3 Å². The number of nitrogens with one attached hydrogen (secondary N) is 3. The molecule has 0 saturated heterocycles. The maximum atomic E-state index is 12.9. The van der Waals surface area contributed by atoms with E-state index in [1.165, 1.54) is 0 Å². The summed E-state index contributed by atoms with van der Waals surface area (Å²) in [6.45, 7) is 0. The van der Waals surface area contributed by atoms with Crippen LogP contribution < -0.4 is 21.1 Å². The number of hydrogen-bond acceptors (Lipinski definition) is 4. The highest BCUT2D eigenvalue weighted by Gasteiger charge is 2.23. The van der Waals surface area contributed by atoms with Gasteiger partial charge in [-0.15, -0.1) is 0 Å². The van der Waals surface area contributed by atoms with E-state index in [9.17, 15) is 14.4 Å². The molecular weight excluding hydrogens is 440 g/mol. The van der Waals surface area contributed by atoms with Crippen LogP contribution in [0.4, 0.5) is 5.69 Å². The van der Waals surface area contributed by atoms with Crippen LogP contribution in [0.1, 0.15) is 26.3 Å². The summed E-state index contributed by atoms with van der Waals surface area (Å²) in [6, 6.07) is 21.7. The van der Waals surface area contributed by atoms with Crippen LogP contribution in [0.3, 0.4) is 0 Å². The molecule has 3 rings (SSSR count). The van der Waals surface area contributed by atoms with Crippen molar-refractivity contribution in [1.82, 2.24) is 16.2 Å². The number of hydrazine groups is 1. The third-order valence-corrected chi connectivity index (χ3v) is 5.19. The second kappa shape index (κ2) is 11.2. The molecule has 33 heavy (non-hydrogen) atoms. The van der Waals surface area contributed by atoms with Crippen molar-refractivity contribution in [2.75, 3.05) is 19.0 Å². The van der Waals surface area contributed by atoms with Crippen molar-refractivity contribution in [3.05, 3.63) is 101 Å². The highest BCUT2D eigenvalue weighted by atomic mass is 35.5. The first-order chi connectivity index (χ1) is 15.8. The Bertz CT molecular complexity index is 1120. The van der Waals surface area contributed by atoms with E-state index in [0.29, 0.717) is 16.1 Å². The van der Waals surface area contributed by atoms with Gasteiger partial charge >= 0.3 is 0 Å². The average molecular weight is 465 g/mol. The first-order valence-corrected chi connectivity index (χ1v) is 10.7. The standard InChI is InChI=1S/C25H25ClN4O3/c1-30(2)21-10-6-9-19(16-21)24(32)28-29-25(33)22(15-17-7-4-3-5-8-17)27-23(31)18-11-13-20(26)14-12-18/h3-14,16,22H,15H2,1-2H3,(H,27,31)(H,28,32)(H,29,33)/t22-/m0/s1. The Balaban J connectivity index is 1.70. The zero-order valence-corrected chi connectivity index (χ0v) is 19.1. The summed E-state index contributed by atoms with van der Waals surface area (Å²) in [6.07, 6.45) is 0.248. The number of anilines is 1. The van der Waals surface area contributed by atoms with Crippen molar-refractivity contribution >= 4 is 35.0 Å². The van der Waals surface area contributed by atoms with Gasteiger partial charge in [0.05, 0.1) is 0 Å². The summed E-state index contributed by atoms with van der Waals surface area (Å²) in [4.78, 5) is 40.0. The third-order valence-electron chi connectivity index (χ3n) is 4.93. The molecular formula is C25H25ClN4O3. The second-order valence-electron chi connectivity index (χ2n) is 7.61. The van der Waals surface area contributed by atoms with E-state index < -0.39 is 23.8 Å². The number of carbonyl (C=O) groups is 3. The number of benzene rings is 3. The molecule has 0 heterocycles. The zero-order chi connectivity index (χ0) is 23.8. The fourth-order valence-electron chi connectivity index (χ4n) is 3.10. The molecule has 0 unspecified atom stereocenters. The normalized spacial score (nSPS) is 11.2. The molecule has 0 fully saturated rings. The van der Waals surface area contributed by atoms with E-state index in [4.69, 9.17) is 11.6 Å². The number of carbonyl (C=O) groups excluding carboxylic acids is 3. The lowest BCUT2D eigenvalue weighted by Crippen LogP contribution is -2.53. The Morgan fingerprint density at radius 1 is 0.818 bits per heavy atom. The molecule has 0 spiro atoms. The second-order valence-corrected chi connectivity index (χ2v) is 8.05. The molecule has 3 aromatic carbocycles. The van der Waals surface area contributed by atoms with Crippen LogP contribution in [-0.2, 0) is 11.2 Å². The molecule has 0 saturated carbocycles. The quantitative estimate of drug-likeness (QED) is 0.468. The summed E-state index contributed by atoms with van der Waals surface area (Å²) in [5.41, 5.74) is 7.33. The molecule has 0 aromatic heterocycles. The number of amides is 3. The third kappa shape index (κ3) is 6.82. The van der Waals surface area contributed by atoms with Crippen molar-refractivity contribution in [2.45, 2.75) is 12.5 Å². The van der Waals surface area contributed by atoms with Crippen molar-refractivity contribution in [3.63, 3.8) is 0 Å². The van der Waals surface area contributed by atoms with E-state index in [1.807, 2.05) is 55.4 Å². The molecule has 0 aliphatic rings. The molecule has 7 nitrogen and oxygen atoms in total. The molecule has 0 aliphatic carbocycles. The minimum atomic E-state index is -0.913. The number of hydrogen-bond donors (Lipinski definition) is 3. The van der Waals surface area contributed by atoms with Gasteiger partial charge in [-0.2, -0.15) is 0 Å². The number of halogens is 1. The van der Waals surface area contributed by atoms with Crippen LogP contribution in [-0.4, -0.2) is 37.9 Å². The maximum Gasteiger partial charge on any atom is 0.269 e. The van der Waals surface area contributed by atoms with Gasteiger partial charge in [0.25, 0.3) is 17.7 Å². The van der Waals surface area contributed by atoms with Gasteiger partial charge in [0, 0.05) is 42.4 Å². The summed E-state index contributed by atoms with van der Waals surface area (Å²) >= 11 is 5.89. The van der Waals surface area contributed by atoms with Gasteiger partial charge in [0.1, 0.15) is 6.04 Å². The Kier molecular flexibility index (Phi) is 8.05. The van der Waals surface area contributed by atoms with Gasteiger partial charge in [-0.3, -0.25) is 25.2 Å². The van der Waals surface area contributed by atoms with E-state index in [1.54, 1.807) is 42.5 Å². The van der Waals surface area contributed by atoms with Crippen LogP contribution in [0, 0.1) is 0 Å². The van der Waals surface area contributed by atoms with Gasteiger partial charge in [0.2, 0.25) is 0 Å². The average Bonchev–Trinajstić information content (AvgIpc) is 2.83.